The maximum atomic E-state index is 12.6. The second-order valence-corrected chi connectivity index (χ2v) is 4.73. The Morgan fingerprint density at radius 1 is 1.30 bits per heavy atom. The van der Waals surface area contributed by atoms with Crippen molar-refractivity contribution in [3.8, 4) is 11.3 Å². The van der Waals surface area contributed by atoms with Crippen molar-refractivity contribution in [1.82, 2.24) is 10.3 Å². The van der Waals surface area contributed by atoms with E-state index in [9.17, 15) is 13.2 Å². The molecule has 2 rings (SSSR count). The maximum absolute atomic E-state index is 12.6. The minimum Gasteiger partial charge on any atom is -0.439 e. The number of hydrogen-bond donors (Lipinski definition) is 1. The average Bonchev–Trinajstić information content (AvgIpc) is 2.84. The largest absolute Gasteiger partial charge is 0.439 e. The molecule has 0 radical (unpaired) electrons. The number of halogens is 3. The van der Waals surface area contributed by atoms with Crippen LogP contribution in [0.4, 0.5) is 13.2 Å². The topological polar surface area (TPSA) is 38.1 Å². The Morgan fingerprint density at radius 3 is 2.70 bits per heavy atom. The highest BCUT2D eigenvalue weighted by atomic mass is 19.4. The van der Waals surface area contributed by atoms with Crippen molar-refractivity contribution in [3.05, 3.63) is 41.9 Å². The summed E-state index contributed by atoms with van der Waals surface area (Å²) in [7, 11) is 0. The lowest BCUT2D eigenvalue weighted by Crippen LogP contribution is -2.21. The highest BCUT2D eigenvalue weighted by Gasteiger charge is 2.30. The summed E-state index contributed by atoms with van der Waals surface area (Å²) in [6.45, 7) is 4.41. The smallest absolute Gasteiger partial charge is 0.416 e. The molecular formula is C14H15F3N2O. The van der Waals surface area contributed by atoms with Gasteiger partial charge in [-0.3, -0.25) is 0 Å². The Hall–Kier alpha value is -1.82. The van der Waals surface area contributed by atoms with Gasteiger partial charge in [0, 0.05) is 11.6 Å². The van der Waals surface area contributed by atoms with Crippen LogP contribution in [0.25, 0.3) is 11.3 Å². The van der Waals surface area contributed by atoms with Crippen molar-refractivity contribution in [2.75, 3.05) is 0 Å². The number of rotatable bonds is 4. The van der Waals surface area contributed by atoms with E-state index >= 15 is 0 Å². The van der Waals surface area contributed by atoms with Crippen LogP contribution in [0.5, 0.6) is 0 Å². The summed E-state index contributed by atoms with van der Waals surface area (Å²) in [5.41, 5.74) is -0.337. The van der Waals surface area contributed by atoms with Crippen LogP contribution in [0.3, 0.4) is 0 Å². The molecule has 1 aromatic heterocycles. The number of alkyl halides is 3. The number of aromatic nitrogens is 1. The average molecular weight is 284 g/mol. The van der Waals surface area contributed by atoms with Crippen molar-refractivity contribution in [2.45, 2.75) is 32.6 Å². The Balaban J connectivity index is 2.20. The van der Waals surface area contributed by atoms with E-state index in [1.807, 2.05) is 13.8 Å². The van der Waals surface area contributed by atoms with Crippen molar-refractivity contribution in [1.29, 1.82) is 0 Å². The van der Waals surface area contributed by atoms with Gasteiger partial charge in [0.1, 0.15) is 0 Å². The van der Waals surface area contributed by atoms with Gasteiger partial charge in [-0.2, -0.15) is 13.2 Å². The molecule has 3 nitrogen and oxygen atoms in total. The predicted octanol–water partition coefficient (Wildman–Crippen LogP) is 3.86. The van der Waals surface area contributed by atoms with Crippen LogP contribution in [-0.2, 0) is 12.7 Å². The molecule has 1 heterocycles. The third-order valence-electron chi connectivity index (χ3n) is 2.69. The standard InChI is InChI=1S/C14H15F3N2O/c1-9(2)18-8-13-19-7-12(20-13)10-4-3-5-11(6-10)14(15,16)17/h3-7,9,18H,8H2,1-2H3. The summed E-state index contributed by atoms with van der Waals surface area (Å²) < 4.78 is 43.4. The van der Waals surface area contributed by atoms with Gasteiger partial charge in [-0.25, -0.2) is 4.98 Å². The maximum Gasteiger partial charge on any atom is 0.416 e. The fourth-order valence-electron chi connectivity index (χ4n) is 1.67. The molecule has 2 aromatic rings. The zero-order chi connectivity index (χ0) is 14.8. The molecule has 108 valence electrons. The van der Waals surface area contributed by atoms with E-state index in [2.05, 4.69) is 10.3 Å². The van der Waals surface area contributed by atoms with Gasteiger partial charge >= 0.3 is 6.18 Å². The SMILES string of the molecule is CC(C)NCc1ncc(-c2cccc(C(F)(F)F)c2)o1. The molecule has 0 saturated heterocycles. The summed E-state index contributed by atoms with van der Waals surface area (Å²) in [4.78, 5) is 4.05. The first-order valence-electron chi connectivity index (χ1n) is 6.22. The summed E-state index contributed by atoms with van der Waals surface area (Å²) in [6.07, 6.45) is -2.93. The molecule has 0 saturated carbocycles. The zero-order valence-corrected chi connectivity index (χ0v) is 11.2. The quantitative estimate of drug-likeness (QED) is 0.926. The minimum atomic E-state index is -4.36. The molecule has 1 N–H and O–H groups in total. The second-order valence-electron chi connectivity index (χ2n) is 4.73. The summed E-state index contributed by atoms with van der Waals surface area (Å²) in [5, 5.41) is 3.13. The Bertz CT molecular complexity index is 576. The van der Waals surface area contributed by atoms with Gasteiger partial charge in [0.2, 0.25) is 5.89 Å². The van der Waals surface area contributed by atoms with Crippen LogP contribution < -0.4 is 5.32 Å². The van der Waals surface area contributed by atoms with E-state index in [-0.39, 0.29) is 6.04 Å². The Labute approximate surface area is 114 Å². The van der Waals surface area contributed by atoms with Gasteiger partial charge in [-0.1, -0.05) is 26.0 Å². The molecule has 0 unspecified atom stereocenters. The van der Waals surface area contributed by atoms with E-state index in [1.165, 1.54) is 12.3 Å². The number of hydrogen-bond acceptors (Lipinski definition) is 3. The van der Waals surface area contributed by atoms with Gasteiger partial charge < -0.3 is 9.73 Å². The lowest BCUT2D eigenvalue weighted by atomic mass is 10.1. The molecule has 20 heavy (non-hydrogen) atoms. The summed E-state index contributed by atoms with van der Waals surface area (Å²) in [6, 6.07) is 5.28. The van der Waals surface area contributed by atoms with Crippen LogP contribution in [0, 0.1) is 0 Å². The molecule has 0 aliphatic carbocycles. The first-order chi connectivity index (χ1) is 9.36. The van der Waals surface area contributed by atoms with Gasteiger partial charge in [0.25, 0.3) is 0 Å². The van der Waals surface area contributed by atoms with Crippen LogP contribution in [-0.4, -0.2) is 11.0 Å². The predicted molar refractivity (Wildman–Crippen MR) is 68.9 cm³/mol. The molecule has 0 atom stereocenters. The fourth-order valence-corrected chi connectivity index (χ4v) is 1.67. The van der Waals surface area contributed by atoms with Crippen molar-refractivity contribution < 1.29 is 17.6 Å². The van der Waals surface area contributed by atoms with Crippen LogP contribution >= 0.6 is 0 Å². The Morgan fingerprint density at radius 2 is 2.05 bits per heavy atom. The first-order valence-corrected chi connectivity index (χ1v) is 6.22. The first kappa shape index (κ1) is 14.6. The third kappa shape index (κ3) is 3.60. The molecule has 0 fully saturated rings. The van der Waals surface area contributed by atoms with E-state index in [0.717, 1.165) is 12.1 Å². The van der Waals surface area contributed by atoms with Crippen molar-refractivity contribution >= 4 is 0 Å². The monoisotopic (exact) mass is 284 g/mol. The van der Waals surface area contributed by atoms with E-state index in [4.69, 9.17) is 4.42 Å². The fraction of sp³-hybridized carbons (Fsp3) is 0.357. The summed E-state index contributed by atoms with van der Waals surface area (Å²) >= 11 is 0. The molecule has 6 heteroatoms. The van der Waals surface area contributed by atoms with Gasteiger partial charge in [0.15, 0.2) is 5.76 Å². The zero-order valence-electron chi connectivity index (χ0n) is 11.2. The molecule has 1 aromatic carbocycles. The minimum absolute atomic E-state index is 0.277. The van der Waals surface area contributed by atoms with Crippen LogP contribution in [0.1, 0.15) is 25.3 Å². The molecule has 0 aliphatic heterocycles. The molecule has 0 aliphatic rings. The molecular weight excluding hydrogens is 269 g/mol. The van der Waals surface area contributed by atoms with Gasteiger partial charge in [0.05, 0.1) is 18.3 Å². The lowest BCUT2D eigenvalue weighted by Gasteiger charge is -2.07. The molecule has 0 spiro atoms. The van der Waals surface area contributed by atoms with Gasteiger partial charge in [-0.05, 0) is 12.1 Å². The van der Waals surface area contributed by atoms with Crippen molar-refractivity contribution in [2.24, 2.45) is 0 Å². The lowest BCUT2D eigenvalue weighted by molar-refractivity contribution is -0.137. The number of oxazole rings is 1. The highest BCUT2D eigenvalue weighted by Crippen LogP contribution is 2.32. The normalized spacial score (nSPS) is 12.1. The summed E-state index contributed by atoms with van der Waals surface area (Å²) in [5.74, 6) is 0.780. The van der Waals surface area contributed by atoms with Crippen LogP contribution in [0.15, 0.2) is 34.9 Å². The van der Waals surface area contributed by atoms with Gasteiger partial charge in [-0.15, -0.1) is 0 Å². The van der Waals surface area contributed by atoms with Crippen molar-refractivity contribution in [3.63, 3.8) is 0 Å². The second kappa shape index (κ2) is 5.66. The van der Waals surface area contributed by atoms with Crippen LogP contribution in [0.2, 0.25) is 0 Å². The van der Waals surface area contributed by atoms with E-state index in [1.54, 1.807) is 6.07 Å². The van der Waals surface area contributed by atoms with E-state index < -0.39 is 11.7 Å². The Kier molecular flexibility index (Phi) is 4.13. The number of benzene rings is 1. The molecule has 0 amide bonds. The highest BCUT2D eigenvalue weighted by molar-refractivity contribution is 5.57. The van der Waals surface area contributed by atoms with E-state index in [0.29, 0.717) is 23.8 Å². The number of nitrogens with one attached hydrogen (secondary N) is 1. The molecule has 0 bridgehead atoms. The third-order valence-corrected chi connectivity index (χ3v) is 2.69. The number of nitrogens with zero attached hydrogens (tertiary/aromatic N) is 1.